The van der Waals surface area contributed by atoms with Crippen LogP contribution in [0.25, 0.3) is 33.3 Å². The third-order valence-corrected chi connectivity index (χ3v) is 3.14. The number of aromatic amines is 2. The van der Waals surface area contributed by atoms with Crippen LogP contribution >= 0.6 is 0 Å². The third-order valence-electron chi connectivity index (χ3n) is 3.14. The van der Waals surface area contributed by atoms with Gasteiger partial charge in [0.15, 0.2) is 5.65 Å². The summed E-state index contributed by atoms with van der Waals surface area (Å²) in [7, 11) is 0. The molecule has 0 bridgehead atoms. The Morgan fingerprint density at radius 1 is 1.00 bits per heavy atom. The van der Waals surface area contributed by atoms with Crippen molar-refractivity contribution in [2.75, 3.05) is 0 Å². The highest BCUT2D eigenvalue weighted by molar-refractivity contribution is 5.93. The Labute approximate surface area is 103 Å². The standard InChI is InChI=1S/C14H10N4/c1-2-4-11-9(3-1)7-12(18-11)10-5-6-15-14-13(10)16-8-17-14/h1-8,18H,(H,15,16,17). The Morgan fingerprint density at radius 3 is 2.89 bits per heavy atom. The predicted octanol–water partition coefficient (Wildman–Crippen LogP) is 3.11. The van der Waals surface area contributed by atoms with E-state index < -0.39 is 0 Å². The molecule has 4 aromatic rings. The van der Waals surface area contributed by atoms with E-state index in [-0.39, 0.29) is 0 Å². The van der Waals surface area contributed by atoms with E-state index in [1.165, 1.54) is 5.39 Å². The SMILES string of the molecule is c1ccc2[nH]c(-c3ccnc4[nH]cnc34)cc2c1. The van der Waals surface area contributed by atoms with Gasteiger partial charge in [0, 0.05) is 28.4 Å². The lowest BCUT2D eigenvalue weighted by Gasteiger charge is -1.97. The van der Waals surface area contributed by atoms with Crippen LogP contribution < -0.4 is 0 Å². The van der Waals surface area contributed by atoms with Gasteiger partial charge in [-0.05, 0) is 18.2 Å². The van der Waals surface area contributed by atoms with E-state index in [1.807, 2.05) is 18.2 Å². The topological polar surface area (TPSA) is 57.4 Å². The number of nitrogens with zero attached hydrogens (tertiary/aromatic N) is 2. The average Bonchev–Trinajstić information content (AvgIpc) is 3.04. The van der Waals surface area contributed by atoms with Gasteiger partial charge in [-0.1, -0.05) is 18.2 Å². The summed E-state index contributed by atoms with van der Waals surface area (Å²) >= 11 is 0. The third kappa shape index (κ3) is 1.26. The van der Waals surface area contributed by atoms with Crippen molar-refractivity contribution in [3.05, 3.63) is 48.9 Å². The van der Waals surface area contributed by atoms with Crippen LogP contribution in [0.5, 0.6) is 0 Å². The summed E-state index contributed by atoms with van der Waals surface area (Å²) < 4.78 is 0. The fourth-order valence-corrected chi connectivity index (χ4v) is 2.28. The van der Waals surface area contributed by atoms with Crippen molar-refractivity contribution in [3.8, 4) is 11.3 Å². The number of fused-ring (bicyclic) bond motifs is 2. The van der Waals surface area contributed by atoms with Crippen molar-refractivity contribution in [1.82, 2.24) is 19.9 Å². The molecule has 0 radical (unpaired) electrons. The summed E-state index contributed by atoms with van der Waals surface area (Å²) in [6.07, 6.45) is 3.46. The number of benzene rings is 1. The van der Waals surface area contributed by atoms with Gasteiger partial charge in [-0.2, -0.15) is 0 Å². The van der Waals surface area contributed by atoms with Crippen LogP contribution in [0.3, 0.4) is 0 Å². The number of imidazole rings is 1. The maximum Gasteiger partial charge on any atom is 0.157 e. The molecule has 3 heterocycles. The minimum Gasteiger partial charge on any atom is -0.354 e. The number of pyridine rings is 1. The monoisotopic (exact) mass is 234 g/mol. The number of hydrogen-bond acceptors (Lipinski definition) is 2. The lowest BCUT2D eigenvalue weighted by atomic mass is 10.1. The Bertz CT molecular complexity index is 808. The Balaban J connectivity index is 2.04. The zero-order chi connectivity index (χ0) is 11.9. The summed E-state index contributed by atoms with van der Waals surface area (Å²) in [6, 6.07) is 12.3. The summed E-state index contributed by atoms with van der Waals surface area (Å²) in [5, 5.41) is 1.20. The molecule has 0 spiro atoms. The summed E-state index contributed by atoms with van der Waals surface area (Å²) in [4.78, 5) is 15.0. The Hall–Kier alpha value is -2.62. The average molecular weight is 234 g/mol. The van der Waals surface area contributed by atoms with E-state index in [0.717, 1.165) is 27.9 Å². The molecule has 1 aromatic carbocycles. The van der Waals surface area contributed by atoms with Crippen molar-refractivity contribution in [3.63, 3.8) is 0 Å². The minimum atomic E-state index is 0.811. The molecule has 18 heavy (non-hydrogen) atoms. The van der Waals surface area contributed by atoms with Gasteiger partial charge in [0.2, 0.25) is 0 Å². The van der Waals surface area contributed by atoms with Gasteiger partial charge in [0.05, 0.1) is 6.33 Å². The molecule has 2 N–H and O–H groups in total. The van der Waals surface area contributed by atoms with Crippen LogP contribution in [0.15, 0.2) is 48.9 Å². The first kappa shape index (κ1) is 9.41. The zero-order valence-corrected chi connectivity index (χ0v) is 9.51. The van der Waals surface area contributed by atoms with Crippen LogP contribution in [-0.2, 0) is 0 Å². The first-order valence-electron chi connectivity index (χ1n) is 5.78. The number of para-hydroxylation sites is 1. The molecule has 0 saturated carbocycles. The Kier molecular flexibility index (Phi) is 1.80. The zero-order valence-electron chi connectivity index (χ0n) is 9.51. The van der Waals surface area contributed by atoms with Gasteiger partial charge in [-0.25, -0.2) is 9.97 Å². The number of H-pyrrole nitrogens is 2. The summed E-state index contributed by atoms with van der Waals surface area (Å²) in [5.74, 6) is 0. The molecular formula is C14H10N4. The smallest absolute Gasteiger partial charge is 0.157 e. The van der Waals surface area contributed by atoms with Crippen molar-refractivity contribution in [2.45, 2.75) is 0 Å². The van der Waals surface area contributed by atoms with Crippen LogP contribution in [-0.4, -0.2) is 19.9 Å². The normalized spacial score (nSPS) is 11.3. The first-order chi connectivity index (χ1) is 8.92. The van der Waals surface area contributed by atoms with Crippen LogP contribution in [0.4, 0.5) is 0 Å². The van der Waals surface area contributed by atoms with E-state index in [0.29, 0.717) is 0 Å². The fourth-order valence-electron chi connectivity index (χ4n) is 2.28. The van der Waals surface area contributed by atoms with E-state index >= 15 is 0 Å². The number of rotatable bonds is 1. The van der Waals surface area contributed by atoms with Crippen LogP contribution in [0.1, 0.15) is 0 Å². The van der Waals surface area contributed by atoms with Crippen molar-refractivity contribution < 1.29 is 0 Å². The molecule has 3 aromatic heterocycles. The maximum absolute atomic E-state index is 4.33. The molecule has 0 amide bonds. The van der Waals surface area contributed by atoms with E-state index in [1.54, 1.807) is 12.5 Å². The second kappa shape index (κ2) is 3.43. The highest BCUT2D eigenvalue weighted by atomic mass is 14.9. The van der Waals surface area contributed by atoms with E-state index in [4.69, 9.17) is 0 Å². The molecule has 0 aliphatic rings. The molecule has 4 nitrogen and oxygen atoms in total. The lowest BCUT2D eigenvalue weighted by Crippen LogP contribution is -1.82. The molecule has 0 aliphatic heterocycles. The van der Waals surface area contributed by atoms with Crippen molar-refractivity contribution in [1.29, 1.82) is 0 Å². The highest BCUT2D eigenvalue weighted by Crippen LogP contribution is 2.27. The molecule has 0 unspecified atom stereocenters. The molecular weight excluding hydrogens is 224 g/mol. The molecule has 0 saturated heterocycles. The maximum atomic E-state index is 4.33. The van der Waals surface area contributed by atoms with Crippen LogP contribution in [0, 0.1) is 0 Å². The van der Waals surface area contributed by atoms with E-state index in [2.05, 4.69) is 38.1 Å². The molecule has 86 valence electrons. The second-order valence-corrected chi connectivity index (χ2v) is 4.23. The lowest BCUT2D eigenvalue weighted by molar-refractivity contribution is 1.30. The van der Waals surface area contributed by atoms with E-state index in [9.17, 15) is 0 Å². The quantitative estimate of drug-likeness (QED) is 0.531. The van der Waals surface area contributed by atoms with Gasteiger partial charge in [0.1, 0.15) is 5.52 Å². The van der Waals surface area contributed by atoms with Gasteiger partial charge < -0.3 is 9.97 Å². The molecule has 4 heteroatoms. The predicted molar refractivity (Wildman–Crippen MR) is 71.2 cm³/mol. The van der Waals surface area contributed by atoms with Gasteiger partial charge in [-0.3, -0.25) is 0 Å². The number of nitrogens with one attached hydrogen (secondary N) is 2. The van der Waals surface area contributed by atoms with Gasteiger partial charge in [0.25, 0.3) is 0 Å². The number of aromatic nitrogens is 4. The van der Waals surface area contributed by atoms with Crippen molar-refractivity contribution in [2.24, 2.45) is 0 Å². The second-order valence-electron chi connectivity index (χ2n) is 4.23. The Morgan fingerprint density at radius 2 is 1.94 bits per heavy atom. The highest BCUT2D eigenvalue weighted by Gasteiger charge is 2.08. The molecule has 4 rings (SSSR count). The van der Waals surface area contributed by atoms with Gasteiger partial charge >= 0.3 is 0 Å². The van der Waals surface area contributed by atoms with Crippen LogP contribution in [0.2, 0.25) is 0 Å². The largest absolute Gasteiger partial charge is 0.354 e. The van der Waals surface area contributed by atoms with Gasteiger partial charge in [-0.15, -0.1) is 0 Å². The molecule has 0 atom stereocenters. The first-order valence-corrected chi connectivity index (χ1v) is 5.78. The van der Waals surface area contributed by atoms with Crippen molar-refractivity contribution >= 4 is 22.1 Å². The minimum absolute atomic E-state index is 0.811. The summed E-state index contributed by atoms with van der Waals surface area (Å²) in [6.45, 7) is 0. The fraction of sp³-hybridized carbons (Fsp3) is 0. The molecule has 0 fully saturated rings. The molecule has 0 aliphatic carbocycles. The number of hydrogen-bond donors (Lipinski definition) is 2. The summed E-state index contributed by atoms with van der Waals surface area (Å²) in [5.41, 5.74) is 4.97.